The van der Waals surface area contributed by atoms with Gasteiger partial charge in [-0.1, -0.05) is 48.5 Å². The second-order valence-electron chi connectivity index (χ2n) is 10.5. The van der Waals surface area contributed by atoms with Gasteiger partial charge in [-0.15, -0.1) is 11.3 Å². The van der Waals surface area contributed by atoms with Gasteiger partial charge in [0.1, 0.15) is 0 Å². The summed E-state index contributed by atoms with van der Waals surface area (Å²) < 4.78 is 0. The lowest BCUT2D eigenvalue weighted by Gasteiger charge is -2.25. The van der Waals surface area contributed by atoms with Crippen LogP contribution in [-0.4, -0.2) is 54.3 Å². The molecule has 188 valence electrons. The van der Waals surface area contributed by atoms with Crippen molar-refractivity contribution in [1.29, 1.82) is 0 Å². The highest BCUT2D eigenvalue weighted by molar-refractivity contribution is 7.14. The van der Waals surface area contributed by atoms with E-state index in [1.165, 1.54) is 16.9 Å². The summed E-state index contributed by atoms with van der Waals surface area (Å²) in [6.45, 7) is 10.8. The third-order valence-electron chi connectivity index (χ3n) is 7.96. The van der Waals surface area contributed by atoms with Crippen LogP contribution in [0.5, 0.6) is 0 Å². The first-order valence-electron chi connectivity index (χ1n) is 12.8. The molecule has 2 saturated heterocycles. The van der Waals surface area contributed by atoms with Crippen LogP contribution in [0.4, 0.5) is 0 Å². The van der Waals surface area contributed by atoms with Crippen molar-refractivity contribution in [2.75, 3.05) is 32.7 Å². The molecule has 2 amide bonds. The van der Waals surface area contributed by atoms with E-state index < -0.39 is 0 Å². The number of likely N-dealkylation sites (tertiary alicyclic amines) is 2. The van der Waals surface area contributed by atoms with Crippen LogP contribution < -0.4 is 5.73 Å². The van der Waals surface area contributed by atoms with Crippen molar-refractivity contribution < 1.29 is 9.59 Å². The zero-order valence-electron chi connectivity index (χ0n) is 21.4. The lowest BCUT2D eigenvalue weighted by molar-refractivity contribution is 0.0772. The molecule has 0 bridgehead atoms. The molecule has 2 aromatic carbocycles. The van der Waals surface area contributed by atoms with E-state index in [1.54, 1.807) is 0 Å². The number of nitrogens with two attached hydrogens (primary N) is 1. The first kappa shape index (κ1) is 24.7. The smallest absolute Gasteiger partial charge is 0.259 e. The molecule has 5 nitrogen and oxygen atoms in total. The molecule has 2 aliphatic rings. The van der Waals surface area contributed by atoms with Gasteiger partial charge in [-0.05, 0) is 73.9 Å². The molecule has 3 heterocycles. The molecule has 0 radical (unpaired) electrons. The summed E-state index contributed by atoms with van der Waals surface area (Å²) in [6.07, 6.45) is 0.935. The number of carbonyl (C=O) groups is 2. The molecule has 3 atom stereocenters. The largest absolute Gasteiger partial charge is 0.365 e. The van der Waals surface area contributed by atoms with E-state index in [2.05, 4.69) is 40.1 Å². The minimum Gasteiger partial charge on any atom is -0.365 e. The van der Waals surface area contributed by atoms with Gasteiger partial charge in [0, 0.05) is 42.5 Å². The summed E-state index contributed by atoms with van der Waals surface area (Å²) in [5, 5.41) is 0. The fourth-order valence-electron chi connectivity index (χ4n) is 6.23. The van der Waals surface area contributed by atoms with Gasteiger partial charge < -0.3 is 15.5 Å². The Kier molecular flexibility index (Phi) is 7.00. The number of primary amides is 1. The fourth-order valence-corrected chi connectivity index (χ4v) is 7.16. The number of thiophene rings is 1. The van der Waals surface area contributed by atoms with Gasteiger partial charge in [-0.3, -0.25) is 9.59 Å². The highest BCUT2D eigenvalue weighted by atomic mass is 32.1. The lowest BCUT2D eigenvalue weighted by Crippen LogP contribution is -2.34. The van der Waals surface area contributed by atoms with E-state index in [0.29, 0.717) is 16.7 Å². The average Bonchev–Trinajstić information content (AvgIpc) is 3.53. The number of aryl methyl sites for hydroxylation is 3. The number of fused-ring (bicyclic) bond motifs is 1. The van der Waals surface area contributed by atoms with Gasteiger partial charge in [0.2, 0.25) is 0 Å². The normalized spacial score (nSPS) is 20.5. The van der Waals surface area contributed by atoms with Gasteiger partial charge in [0.15, 0.2) is 0 Å². The van der Waals surface area contributed by atoms with Crippen molar-refractivity contribution in [3.8, 4) is 0 Å². The predicted octanol–water partition coefficient (Wildman–Crippen LogP) is 5.00. The predicted molar refractivity (Wildman–Crippen MR) is 146 cm³/mol. The Morgan fingerprint density at radius 1 is 0.944 bits per heavy atom. The Balaban J connectivity index is 1.25. The minimum absolute atomic E-state index is 0.140. The number of rotatable bonds is 7. The number of hydrogen-bond donors (Lipinski definition) is 1. The van der Waals surface area contributed by atoms with E-state index in [0.717, 1.165) is 66.3 Å². The Hall–Kier alpha value is -2.96. The molecule has 0 spiro atoms. The number of benzene rings is 2. The van der Waals surface area contributed by atoms with Crippen LogP contribution in [0.15, 0.2) is 54.6 Å². The highest BCUT2D eigenvalue weighted by Gasteiger charge is 2.42. The molecule has 0 aliphatic carbocycles. The topological polar surface area (TPSA) is 66.6 Å². The molecule has 36 heavy (non-hydrogen) atoms. The third-order valence-corrected chi connectivity index (χ3v) is 9.04. The Morgan fingerprint density at radius 3 is 2.19 bits per heavy atom. The minimum atomic E-state index is -0.339. The van der Waals surface area contributed by atoms with Crippen LogP contribution in [0, 0.1) is 32.6 Å². The van der Waals surface area contributed by atoms with Crippen LogP contribution in [0.3, 0.4) is 0 Å². The van der Waals surface area contributed by atoms with Gasteiger partial charge in [-0.2, -0.15) is 0 Å². The van der Waals surface area contributed by atoms with Crippen molar-refractivity contribution in [1.82, 2.24) is 9.80 Å². The molecule has 2 aliphatic heterocycles. The summed E-state index contributed by atoms with van der Waals surface area (Å²) in [4.78, 5) is 31.9. The van der Waals surface area contributed by atoms with Crippen molar-refractivity contribution >= 4 is 23.2 Å². The van der Waals surface area contributed by atoms with Crippen molar-refractivity contribution in [3.05, 3.63) is 92.2 Å². The number of hydrogen-bond acceptors (Lipinski definition) is 4. The van der Waals surface area contributed by atoms with E-state index in [-0.39, 0.29) is 17.7 Å². The summed E-state index contributed by atoms with van der Waals surface area (Å²) in [5.74, 6) is 1.04. The number of amides is 2. The zero-order chi connectivity index (χ0) is 25.4. The third kappa shape index (κ3) is 4.84. The molecular formula is C30H35N3O2S. The Morgan fingerprint density at radius 2 is 1.58 bits per heavy atom. The van der Waals surface area contributed by atoms with Crippen molar-refractivity contribution in [3.63, 3.8) is 0 Å². The zero-order valence-corrected chi connectivity index (χ0v) is 22.2. The van der Waals surface area contributed by atoms with E-state index in [4.69, 9.17) is 5.73 Å². The summed E-state index contributed by atoms with van der Waals surface area (Å²) in [5.41, 5.74) is 11.0. The van der Waals surface area contributed by atoms with Gasteiger partial charge in [0.05, 0.1) is 4.88 Å². The van der Waals surface area contributed by atoms with Crippen LogP contribution in [0.25, 0.3) is 0 Å². The Labute approximate surface area is 217 Å². The van der Waals surface area contributed by atoms with Crippen molar-refractivity contribution in [2.24, 2.45) is 17.6 Å². The maximum atomic E-state index is 13.3. The van der Waals surface area contributed by atoms with Crippen LogP contribution >= 0.6 is 11.3 Å². The molecular weight excluding hydrogens is 466 g/mol. The Bertz CT molecular complexity index is 1230. The maximum Gasteiger partial charge on any atom is 0.259 e. The van der Waals surface area contributed by atoms with E-state index in [9.17, 15) is 9.59 Å². The summed E-state index contributed by atoms with van der Waals surface area (Å²) in [6, 6.07) is 18.7. The standard InChI is InChI=1S/C30H35N3O2S/c1-19-8-7-9-20(2)27(19)30(35)33-17-23-15-32(16-24(23)18-33)13-12-25(22-10-5-4-6-11-22)26-14-21(3)36-28(26)29(31)34/h4-11,14,23-25H,12-13,15-18H2,1-3H3,(H2,31,34)/t23?,24?,25-/m0/s1. The van der Waals surface area contributed by atoms with E-state index >= 15 is 0 Å². The van der Waals surface area contributed by atoms with Crippen LogP contribution in [0.1, 0.15) is 59.5 Å². The van der Waals surface area contributed by atoms with Crippen molar-refractivity contribution in [2.45, 2.75) is 33.1 Å². The highest BCUT2D eigenvalue weighted by Crippen LogP contribution is 2.37. The molecule has 0 saturated carbocycles. The second kappa shape index (κ2) is 10.2. The van der Waals surface area contributed by atoms with Crippen LogP contribution in [0.2, 0.25) is 0 Å². The SMILES string of the molecule is Cc1cc([C@@H](CCN2CC3CN(C(=O)c4c(C)cccc4C)CC3C2)c2ccccc2)c(C(N)=O)s1. The van der Waals surface area contributed by atoms with Gasteiger partial charge >= 0.3 is 0 Å². The molecule has 2 N–H and O–H groups in total. The second-order valence-corrected chi connectivity index (χ2v) is 11.8. The first-order chi connectivity index (χ1) is 17.3. The molecule has 6 heteroatoms. The maximum absolute atomic E-state index is 13.3. The van der Waals surface area contributed by atoms with Crippen LogP contribution in [-0.2, 0) is 0 Å². The number of carbonyl (C=O) groups excluding carboxylic acids is 2. The van der Waals surface area contributed by atoms with Gasteiger partial charge in [-0.25, -0.2) is 0 Å². The van der Waals surface area contributed by atoms with E-state index in [1.807, 2.05) is 45.0 Å². The molecule has 5 rings (SSSR count). The van der Waals surface area contributed by atoms with Gasteiger partial charge in [0.25, 0.3) is 11.8 Å². The summed E-state index contributed by atoms with van der Waals surface area (Å²) >= 11 is 1.49. The lowest BCUT2D eigenvalue weighted by atomic mass is 9.88. The molecule has 2 fully saturated rings. The molecule has 1 aromatic heterocycles. The quantitative estimate of drug-likeness (QED) is 0.496. The number of nitrogens with zero attached hydrogens (tertiary/aromatic N) is 2. The molecule has 3 aromatic rings. The monoisotopic (exact) mass is 501 g/mol. The fraction of sp³-hybridized carbons (Fsp3) is 0.400. The first-order valence-corrected chi connectivity index (χ1v) is 13.7. The average molecular weight is 502 g/mol. The summed E-state index contributed by atoms with van der Waals surface area (Å²) in [7, 11) is 0. The molecule has 2 unspecified atom stereocenters.